The molecule has 0 saturated carbocycles. The Morgan fingerprint density at radius 2 is 1.16 bits per heavy atom. The third-order valence-electron chi connectivity index (χ3n) is 16.8. The largest absolute Gasteiger partial charge is 0.478 e. The number of carbonyl (C=O) groups is 8. The molecule has 1 saturated heterocycles. The van der Waals surface area contributed by atoms with E-state index in [4.69, 9.17) is 81.8 Å². The van der Waals surface area contributed by atoms with Gasteiger partial charge in [-0.2, -0.15) is 0 Å². The minimum absolute atomic E-state index is 0.0251. The van der Waals surface area contributed by atoms with Crippen LogP contribution in [0.3, 0.4) is 0 Å². The molecule has 620 valence electrons. The number of nitrogens with one attached hydrogen (secondary N) is 5. The molecule has 7 amide bonds. The molecule has 0 radical (unpaired) electrons. The van der Waals surface area contributed by atoms with Crippen LogP contribution >= 0.6 is 0 Å². The number of carbonyl (C=O) groups excluding carboxylic acids is 7. The van der Waals surface area contributed by atoms with Crippen LogP contribution < -0.4 is 37.1 Å². The Balaban J connectivity index is 0.852. The molecule has 6 rings (SSSR count). The molecule has 38 nitrogen and oxygen atoms in total. The van der Waals surface area contributed by atoms with Crippen LogP contribution in [0.4, 0.5) is 16.3 Å². The number of aliphatic hydroxyl groups excluding tert-OH is 4. The molecule has 2 aliphatic rings. The van der Waals surface area contributed by atoms with Crippen molar-refractivity contribution in [3.63, 3.8) is 0 Å². The summed E-state index contributed by atoms with van der Waals surface area (Å²) in [6.45, 7) is 10.6. The lowest BCUT2D eigenvalue weighted by Gasteiger charge is -2.39. The number of aromatic carboxylic acids is 1. The maximum absolute atomic E-state index is 13.8. The molecule has 4 heterocycles. The number of aromatic nitrogens is 3. The second kappa shape index (κ2) is 53.6. The normalized spacial score (nSPS) is 16.5. The Labute approximate surface area is 643 Å². The smallest absolute Gasteiger partial charge is 0.407 e. The first kappa shape index (κ1) is 91.6. The fourth-order valence-electron chi connectivity index (χ4n) is 10.9. The van der Waals surface area contributed by atoms with E-state index in [0.29, 0.717) is 185 Å². The Morgan fingerprint density at radius 3 is 1.71 bits per heavy atom. The number of methoxy groups -OCH3 is 1. The number of nitrogens with two attached hydrogens (primary N) is 1. The molecule has 111 heavy (non-hydrogen) atoms. The highest BCUT2D eigenvalue weighted by molar-refractivity contribution is 6.13. The van der Waals surface area contributed by atoms with Crippen LogP contribution in [0.1, 0.15) is 80.0 Å². The minimum atomic E-state index is -1.84. The van der Waals surface area contributed by atoms with Gasteiger partial charge in [-0.25, -0.2) is 19.6 Å². The number of fused-ring (bicyclic) bond motifs is 3. The van der Waals surface area contributed by atoms with Crippen LogP contribution in [0.2, 0.25) is 0 Å². The number of aryl methyl sites for hydroxylation is 1. The molecule has 2 aromatic carbocycles. The van der Waals surface area contributed by atoms with Crippen LogP contribution in [-0.2, 0) is 115 Å². The number of ether oxygens (including phenoxy) is 15. The second-order valence-electron chi connectivity index (χ2n) is 25.1. The molecule has 4 aromatic rings. The van der Waals surface area contributed by atoms with Gasteiger partial charge in [0.1, 0.15) is 54.2 Å². The monoisotopic (exact) mass is 1570 g/mol. The van der Waals surface area contributed by atoms with E-state index in [-0.39, 0.29) is 114 Å². The topological polar surface area (TPSA) is 496 Å². The number of pyridine rings is 1. The highest BCUT2D eigenvalue weighted by Crippen LogP contribution is 2.33. The number of imide groups is 1. The lowest BCUT2D eigenvalue weighted by atomic mass is 9.99. The standard InChI is InChI=1S/C73H110N10O28/c1-3-4-8-58-81-64-65(52-11-10-51(71(94)95)47-54(52)80-69(64)74)82(58)22-20-77-73(96)109-49-50-9-12-56(110-72-68(92)67(91)66(90)57(48-84)111-72)55(46-50)79-60(86)15-19-76-70(93)53(78-61(87)16-21-83-62(88)13-14-63(83)89)7-5-6-18-75-59(85)17-23-98-26-27-100-30-31-102-34-35-104-38-39-106-42-43-108-45-44-107-41-40-105-37-36-103-33-32-101-29-28-99-25-24-97-2/h9-14,46-47,53,57,66-68,72,84,90-92H,3-8,15-45,48-49H2,1-2H3,(H2,74,80)(H,75,85)(H,76,93)(H,77,96)(H,78,87)(H,79,86)(H,94,95)/t53?,57-,66-,67+,68+,72+/m1/s1. The number of carboxylic acids is 1. The fourth-order valence-corrected chi connectivity index (χ4v) is 10.9. The Morgan fingerprint density at radius 1 is 0.595 bits per heavy atom. The third-order valence-corrected chi connectivity index (χ3v) is 16.8. The molecule has 1 unspecified atom stereocenters. The van der Waals surface area contributed by atoms with Gasteiger partial charge in [-0.3, -0.25) is 33.7 Å². The lowest BCUT2D eigenvalue weighted by Crippen LogP contribution is -2.60. The van der Waals surface area contributed by atoms with Crippen LogP contribution in [0.5, 0.6) is 5.75 Å². The van der Waals surface area contributed by atoms with Gasteiger partial charge < -0.3 is 133 Å². The van der Waals surface area contributed by atoms with Crippen molar-refractivity contribution in [1.82, 2.24) is 40.7 Å². The Kier molecular flexibility index (Phi) is 44.3. The number of unbranched alkanes of at least 4 members (excludes halogenated alkanes) is 2. The summed E-state index contributed by atoms with van der Waals surface area (Å²) in [6, 6.07) is 7.57. The third kappa shape index (κ3) is 34.3. The first-order chi connectivity index (χ1) is 53.9. The van der Waals surface area contributed by atoms with E-state index in [9.17, 15) is 63.9 Å². The zero-order valence-corrected chi connectivity index (χ0v) is 63.2. The van der Waals surface area contributed by atoms with Crippen molar-refractivity contribution >= 4 is 80.9 Å². The molecule has 2 aromatic heterocycles. The maximum Gasteiger partial charge on any atom is 0.407 e. The Bertz CT molecular complexity index is 3480. The molecule has 1 fully saturated rings. The van der Waals surface area contributed by atoms with E-state index in [0.717, 1.165) is 29.9 Å². The van der Waals surface area contributed by atoms with E-state index in [1.54, 1.807) is 13.2 Å². The average Bonchev–Trinajstić information content (AvgIpc) is 1.61. The number of nitrogens with zero attached hydrogens (tertiary/aromatic N) is 4. The fraction of sp³-hybridized carbons (Fsp3) is 0.644. The molecule has 0 bridgehead atoms. The highest BCUT2D eigenvalue weighted by Gasteiger charge is 2.45. The summed E-state index contributed by atoms with van der Waals surface area (Å²) >= 11 is 0. The summed E-state index contributed by atoms with van der Waals surface area (Å²) in [7, 11) is 1.63. The maximum atomic E-state index is 13.8. The number of aliphatic hydroxyl groups is 4. The summed E-state index contributed by atoms with van der Waals surface area (Å²) in [5.41, 5.74) is 8.02. The van der Waals surface area contributed by atoms with Crippen molar-refractivity contribution < 1.29 is 135 Å². The zero-order chi connectivity index (χ0) is 79.8. The first-order valence-corrected chi connectivity index (χ1v) is 37.3. The van der Waals surface area contributed by atoms with Crippen LogP contribution in [0.15, 0.2) is 48.6 Å². The van der Waals surface area contributed by atoms with Crippen LogP contribution in [-0.4, -0.2) is 321 Å². The van der Waals surface area contributed by atoms with E-state index in [1.807, 2.05) is 11.5 Å². The van der Waals surface area contributed by atoms with Crippen molar-refractivity contribution in [2.75, 3.05) is 203 Å². The van der Waals surface area contributed by atoms with Gasteiger partial charge in [0.15, 0.2) is 5.82 Å². The second-order valence-corrected chi connectivity index (χ2v) is 25.1. The summed E-state index contributed by atoms with van der Waals surface area (Å²) in [5, 5.41) is 65.3. The molecule has 2 aliphatic heterocycles. The van der Waals surface area contributed by atoms with Crippen molar-refractivity contribution in [3.05, 3.63) is 65.5 Å². The van der Waals surface area contributed by atoms with E-state index >= 15 is 0 Å². The predicted octanol–water partition coefficient (Wildman–Crippen LogP) is 0.0629. The van der Waals surface area contributed by atoms with E-state index in [1.165, 1.54) is 30.3 Å². The molecular weight excluding hydrogens is 1460 g/mol. The summed E-state index contributed by atoms with van der Waals surface area (Å²) in [6.07, 6.45) is -4.63. The van der Waals surface area contributed by atoms with Gasteiger partial charge in [0.05, 0.1) is 181 Å². The van der Waals surface area contributed by atoms with Gasteiger partial charge in [0, 0.05) is 83.1 Å². The Hall–Kier alpha value is -8.26. The predicted molar refractivity (Wildman–Crippen MR) is 395 cm³/mol. The van der Waals surface area contributed by atoms with Crippen molar-refractivity contribution in [2.45, 2.75) is 115 Å². The zero-order valence-electron chi connectivity index (χ0n) is 63.2. The highest BCUT2D eigenvalue weighted by atomic mass is 16.7. The van der Waals surface area contributed by atoms with Crippen LogP contribution in [0, 0.1) is 0 Å². The van der Waals surface area contributed by atoms with Gasteiger partial charge in [-0.05, 0) is 61.6 Å². The minimum Gasteiger partial charge on any atom is -0.478 e. The molecule has 38 heteroatoms. The quantitative estimate of drug-likeness (QED) is 0.0206. The lowest BCUT2D eigenvalue weighted by molar-refractivity contribution is -0.277. The summed E-state index contributed by atoms with van der Waals surface area (Å²) in [5.74, 6) is -3.96. The molecular formula is C73H110N10O28. The number of hydrogen-bond acceptors (Lipinski definition) is 30. The number of benzene rings is 2. The number of amides is 7. The van der Waals surface area contributed by atoms with Gasteiger partial charge >= 0.3 is 12.1 Å². The number of alkyl carbamates (subject to hydrolysis) is 1. The van der Waals surface area contributed by atoms with Gasteiger partial charge in [0.25, 0.3) is 11.8 Å². The van der Waals surface area contributed by atoms with Crippen LogP contribution in [0.25, 0.3) is 21.9 Å². The van der Waals surface area contributed by atoms with Crippen molar-refractivity contribution in [3.8, 4) is 5.75 Å². The number of imidazole rings is 1. The van der Waals surface area contributed by atoms with Crippen molar-refractivity contribution in [1.29, 1.82) is 0 Å². The summed E-state index contributed by atoms with van der Waals surface area (Å²) < 4.78 is 84.2. The number of nitrogen functional groups attached to an aromatic ring is 1. The number of rotatable bonds is 62. The SMILES string of the molecule is CCCCc1nc2c(N)nc3cc(C(=O)O)ccc3c2n1CCNC(=O)OCc1ccc(O[C@H]2O[C@H](CO)[C@@H](O)[C@H](O)[C@@H]2O)c(NC(=O)CCNC(=O)C(CCCCNC(=O)CCOCCOCCOCCOCCOCCOCCOCCOCCOCCOCCOCCOC)NC(=O)CCN2C(=O)C=CC2=O)c1. The van der Waals surface area contributed by atoms with E-state index in [2.05, 4.69) is 31.6 Å². The first-order valence-electron chi connectivity index (χ1n) is 37.3. The average molecular weight is 1580 g/mol. The van der Waals surface area contributed by atoms with Gasteiger partial charge in [0.2, 0.25) is 29.9 Å². The summed E-state index contributed by atoms with van der Waals surface area (Å²) in [4.78, 5) is 113. The van der Waals surface area contributed by atoms with E-state index < -0.39 is 85.0 Å². The molecule has 0 spiro atoms. The molecule has 12 N–H and O–H groups in total. The number of anilines is 2. The number of carboxylic acid groups (broad SMARTS) is 1. The molecule has 6 atom stereocenters. The van der Waals surface area contributed by atoms with Crippen molar-refractivity contribution in [2.24, 2.45) is 0 Å². The van der Waals surface area contributed by atoms with Gasteiger partial charge in [-0.15, -0.1) is 0 Å². The van der Waals surface area contributed by atoms with Gasteiger partial charge in [-0.1, -0.05) is 19.4 Å². The number of hydrogen-bond donors (Lipinski definition) is 11. The molecule has 0 aliphatic carbocycles.